The molecule has 0 aliphatic carbocycles. The fourth-order valence-electron chi connectivity index (χ4n) is 3.36. The second-order valence-corrected chi connectivity index (χ2v) is 9.39. The zero-order chi connectivity index (χ0) is 20.8. The van der Waals surface area contributed by atoms with Gasteiger partial charge in [-0.15, -0.1) is 10.2 Å². The molecule has 0 spiro atoms. The fourth-order valence-corrected chi connectivity index (χ4v) is 4.60. The predicted octanol–water partition coefficient (Wildman–Crippen LogP) is 2.79. The van der Waals surface area contributed by atoms with Crippen LogP contribution in [0.4, 0.5) is 5.69 Å². The first kappa shape index (κ1) is 19.6. The molecule has 0 fully saturated rings. The summed E-state index contributed by atoms with van der Waals surface area (Å²) in [5, 5.41) is 8.95. The molecule has 2 aromatic carbocycles. The first-order valence-electron chi connectivity index (χ1n) is 8.90. The number of anilines is 1. The summed E-state index contributed by atoms with van der Waals surface area (Å²) in [6.07, 6.45) is 1.15. The number of para-hydroxylation sites is 1. The zero-order valence-electron chi connectivity index (χ0n) is 15.8. The number of halogens is 1. The molecule has 2 aromatic heterocycles. The molecule has 10 heteroatoms. The van der Waals surface area contributed by atoms with Crippen molar-refractivity contribution >= 4 is 48.3 Å². The van der Waals surface area contributed by atoms with Crippen LogP contribution >= 0.6 is 15.9 Å². The highest BCUT2D eigenvalue weighted by Gasteiger charge is 2.23. The first-order chi connectivity index (χ1) is 13.8. The van der Waals surface area contributed by atoms with Gasteiger partial charge in [0, 0.05) is 11.0 Å². The van der Waals surface area contributed by atoms with E-state index in [9.17, 15) is 13.2 Å². The zero-order valence-corrected chi connectivity index (χ0v) is 18.2. The molecular weight excluding hydrogens is 458 g/mol. The van der Waals surface area contributed by atoms with E-state index in [1.54, 1.807) is 40.8 Å². The Balaban J connectivity index is 1.97. The predicted molar refractivity (Wildman–Crippen MR) is 116 cm³/mol. The van der Waals surface area contributed by atoms with E-state index in [2.05, 4.69) is 26.1 Å². The molecule has 2 heterocycles. The number of hydrogen-bond donors (Lipinski definition) is 0. The average Bonchev–Trinajstić information content (AvgIpc) is 3.09. The molecule has 0 atom stereocenters. The quantitative estimate of drug-likeness (QED) is 0.442. The Morgan fingerprint density at radius 2 is 1.86 bits per heavy atom. The Morgan fingerprint density at radius 1 is 1.10 bits per heavy atom. The van der Waals surface area contributed by atoms with Crippen LogP contribution in [0.1, 0.15) is 12.7 Å². The number of hydrogen-bond acceptors (Lipinski definition) is 5. The highest BCUT2D eigenvalue weighted by Crippen LogP contribution is 2.24. The van der Waals surface area contributed by atoms with Crippen LogP contribution in [0.2, 0.25) is 0 Å². The molecule has 0 aliphatic rings. The van der Waals surface area contributed by atoms with Gasteiger partial charge in [0.2, 0.25) is 15.8 Å². The minimum absolute atomic E-state index is 0.0254. The minimum Gasteiger partial charge on any atom is -0.277 e. The van der Waals surface area contributed by atoms with E-state index >= 15 is 0 Å². The van der Waals surface area contributed by atoms with Crippen LogP contribution in [-0.4, -0.2) is 33.8 Å². The van der Waals surface area contributed by atoms with E-state index in [-0.39, 0.29) is 12.1 Å². The molecule has 0 unspecified atom stereocenters. The molecule has 0 aliphatic heterocycles. The summed E-state index contributed by atoms with van der Waals surface area (Å²) >= 11 is 3.38. The van der Waals surface area contributed by atoms with E-state index in [0.29, 0.717) is 34.7 Å². The molecule has 0 amide bonds. The smallest absolute Gasteiger partial charge is 0.262 e. The molecule has 4 aromatic rings. The molecule has 8 nitrogen and oxygen atoms in total. The van der Waals surface area contributed by atoms with Crippen molar-refractivity contribution in [2.75, 3.05) is 10.6 Å². The lowest BCUT2D eigenvalue weighted by atomic mass is 10.2. The third kappa shape index (κ3) is 3.42. The number of benzene rings is 2. The standard InChI is InChI=1S/C19H18BrN5O3S/c1-3-23-18(26)15-9-4-5-10-16(15)25-17(21-22-19(23)25)12-24(29(2,27)28)14-8-6-7-13(20)11-14/h4-11H,3,12H2,1-2H3. The summed E-state index contributed by atoms with van der Waals surface area (Å²) in [7, 11) is -3.59. The van der Waals surface area contributed by atoms with Crippen LogP contribution < -0.4 is 9.86 Å². The highest BCUT2D eigenvalue weighted by atomic mass is 79.9. The van der Waals surface area contributed by atoms with Crippen molar-refractivity contribution < 1.29 is 8.42 Å². The Kier molecular flexibility index (Phi) is 4.91. The van der Waals surface area contributed by atoms with Crippen molar-refractivity contribution in [1.82, 2.24) is 19.2 Å². The molecule has 0 saturated heterocycles. The molecule has 0 N–H and O–H groups in total. The third-order valence-electron chi connectivity index (χ3n) is 4.67. The van der Waals surface area contributed by atoms with E-state index in [1.165, 1.54) is 8.87 Å². The Bertz CT molecular complexity index is 1390. The van der Waals surface area contributed by atoms with E-state index in [1.807, 2.05) is 19.1 Å². The van der Waals surface area contributed by atoms with Gasteiger partial charge in [-0.25, -0.2) is 8.42 Å². The molecule has 0 saturated carbocycles. The van der Waals surface area contributed by atoms with Crippen molar-refractivity contribution in [2.45, 2.75) is 20.0 Å². The van der Waals surface area contributed by atoms with Gasteiger partial charge in [0.05, 0.1) is 29.4 Å². The van der Waals surface area contributed by atoms with Crippen molar-refractivity contribution in [2.24, 2.45) is 0 Å². The summed E-state index contributed by atoms with van der Waals surface area (Å²) < 4.78 is 30.4. The van der Waals surface area contributed by atoms with Crippen molar-refractivity contribution in [3.63, 3.8) is 0 Å². The third-order valence-corrected chi connectivity index (χ3v) is 6.31. The summed E-state index contributed by atoms with van der Waals surface area (Å²) in [6.45, 7) is 2.25. The van der Waals surface area contributed by atoms with Gasteiger partial charge in [-0.05, 0) is 37.3 Å². The van der Waals surface area contributed by atoms with Gasteiger partial charge in [0.25, 0.3) is 5.56 Å². The van der Waals surface area contributed by atoms with Gasteiger partial charge < -0.3 is 0 Å². The number of aryl methyl sites for hydroxylation is 1. The van der Waals surface area contributed by atoms with Crippen LogP contribution in [0.25, 0.3) is 16.7 Å². The number of fused-ring (bicyclic) bond motifs is 3. The summed E-state index contributed by atoms with van der Waals surface area (Å²) in [5.41, 5.74) is 0.994. The summed E-state index contributed by atoms with van der Waals surface area (Å²) in [6, 6.07) is 14.2. The van der Waals surface area contributed by atoms with Gasteiger partial charge in [0.15, 0.2) is 5.82 Å². The maximum atomic E-state index is 12.8. The lowest BCUT2D eigenvalue weighted by molar-refractivity contribution is 0.595. The SMILES string of the molecule is CCn1c(=O)c2ccccc2n2c(CN(c3cccc(Br)c3)S(C)(=O)=O)nnc12. The van der Waals surface area contributed by atoms with Crippen molar-refractivity contribution in [3.8, 4) is 0 Å². The maximum Gasteiger partial charge on any atom is 0.262 e. The van der Waals surface area contributed by atoms with Crippen LogP contribution in [-0.2, 0) is 23.1 Å². The first-order valence-corrected chi connectivity index (χ1v) is 11.5. The largest absolute Gasteiger partial charge is 0.277 e. The number of aromatic nitrogens is 4. The molecule has 4 rings (SSSR count). The van der Waals surface area contributed by atoms with E-state index < -0.39 is 10.0 Å². The molecule has 0 radical (unpaired) electrons. The van der Waals surface area contributed by atoms with Crippen LogP contribution in [0.3, 0.4) is 0 Å². The summed E-state index contributed by atoms with van der Waals surface area (Å²) in [4.78, 5) is 12.8. The van der Waals surface area contributed by atoms with Gasteiger partial charge in [-0.3, -0.25) is 18.1 Å². The van der Waals surface area contributed by atoms with Gasteiger partial charge >= 0.3 is 0 Å². The molecular formula is C19H18BrN5O3S. The number of rotatable bonds is 5. The van der Waals surface area contributed by atoms with E-state index in [4.69, 9.17) is 0 Å². The normalized spacial score (nSPS) is 12.0. The fraction of sp³-hybridized carbons (Fsp3) is 0.211. The molecule has 0 bridgehead atoms. The number of sulfonamides is 1. The average molecular weight is 476 g/mol. The van der Waals surface area contributed by atoms with Crippen LogP contribution in [0.15, 0.2) is 57.8 Å². The lowest BCUT2D eigenvalue weighted by Gasteiger charge is -2.22. The highest BCUT2D eigenvalue weighted by molar-refractivity contribution is 9.10. The van der Waals surface area contributed by atoms with Crippen LogP contribution in [0.5, 0.6) is 0 Å². The van der Waals surface area contributed by atoms with Crippen molar-refractivity contribution in [3.05, 3.63) is 69.2 Å². The Hall–Kier alpha value is -2.72. The molecule has 29 heavy (non-hydrogen) atoms. The second-order valence-electron chi connectivity index (χ2n) is 6.57. The molecule has 150 valence electrons. The van der Waals surface area contributed by atoms with Crippen molar-refractivity contribution in [1.29, 1.82) is 0 Å². The van der Waals surface area contributed by atoms with Crippen LogP contribution in [0, 0.1) is 0 Å². The monoisotopic (exact) mass is 475 g/mol. The van der Waals surface area contributed by atoms with Gasteiger partial charge in [-0.1, -0.05) is 34.1 Å². The van der Waals surface area contributed by atoms with E-state index in [0.717, 1.165) is 10.7 Å². The van der Waals surface area contributed by atoms with Gasteiger partial charge in [0.1, 0.15) is 0 Å². The maximum absolute atomic E-state index is 12.8. The minimum atomic E-state index is -3.59. The summed E-state index contributed by atoms with van der Waals surface area (Å²) in [5.74, 6) is 0.803. The lowest BCUT2D eigenvalue weighted by Crippen LogP contribution is -2.30. The second kappa shape index (κ2) is 7.27. The topological polar surface area (TPSA) is 89.6 Å². The Morgan fingerprint density at radius 3 is 2.55 bits per heavy atom. The van der Waals surface area contributed by atoms with Gasteiger partial charge in [-0.2, -0.15) is 0 Å². The Labute approximate surface area is 175 Å². The number of nitrogens with zero attached hydrogens (tertiary/aromatic N) is 5.